The van der Waals surface area contributed by atoms with Crippen LogP contribution >= 0.6 is 0 Å². The lowest BCUT2D eigenvalue weighted by Gasteiger charge is -2.19. The monoisotopic (exact) mass is 772 g/mol. The second kappa shape index (κ2) is 46.2. The van der Waals surface area contributed by atoms with Crippen LogP contribution in [0, 0.1) is 0 Å². The van der Waals surface area contributed by atoms with Gasteiger partial charge in [-0.25, -0.2) is 0 Å². The van der Waals surface area contributed by atoms with Crippen molar-refractivity contribution in [2.45, 2.75) is 193 Å². The van der Waals surface area contributed by atoms with Crippen LogP contribution in [0.5, 0.6) is 0 Å². The summed E-state index contributed by atoms with van der Waals surface area (Å²) in [6.45, 7) is 4.12. The number of hydrogen-bond acceptors (Lipinski definition) is 3. The summed E-state index contributed by atoms with van der Waals surface area (Å²) in [7, 11) is 0. The van der Waals surface area contributed by atoms with E-state index in [1.807, 2.05) is 6.08 Å². The Bertz CT molecular complexity index is 1150. The van der Waals surface area contributed by atoms with Crippen LogP contribution in [0.3, 0.4) is 0 Å². The van der Waals surface area contributed by atoms with Crippen molar-refractivity contribution in [1.29, 1.82) is 0 Å². The second-order valence-electron chi connectivity index (χ2n) is 14.7. The molecule has 3 N–H and O–H groups in total. The van der Waals surface area contributed by atoms with E-state index >= 15 is 0 Å². The zero-order valence-electron chi connectivity index (χ0n) is 36.1. The van der Waals surface area contributed by atoms with Gasteiger partial charge in [-0.15, -0.1) is 0 Å². The third kappa shape index (κ3) is 41.9. The molecule has 0 aliphatic heterocycles. The van der Waals surface area contributed by atoms with Crippen LogP contribution in [0.4, 0.5) is 0 Å². The minimum absolute atomic E-state index is 0.0924. The summed E-state index contributed by atoms with van der Waals surface area (Å²) in [6, 6.07) is -0.656. The molecular formula is C52H85NO3. The Hall–Kier alpha value is -3.21. The molecule has 0 aliphatic rings. The molecule has 0 aromatic rings. The van der Waals surface area contributed by atoms with Crippen LogP contribution in [-0.2, 0) is 4.79 Å². The quantitative estimate of drug-likeness (QED) is 0.0430. The van der Waals surface area contributed by atoms with E-state index in [2.05, 4.69) is 129 Å². The first kappa shape index (κ1) is 52.8. The number of carbonyl (C=O) groups is 1. The molecule has 4 heteroatoms. The molecule has 0 bridgehead atoms. The minimum atomic E-state index is -0.879. The van der Waals surface area contributed by atoms with Gasteiger partial charge in [0.05, 0.1) is 18.8 Å². The van der Waals surface area contributed by atoms with Crippen molar-refractivity contribution < 1.29 is 15.0 Å². The maximum atomic E-state index is 12.4. The molecule has 0 saturated carbocycles. The normalized spacial score (nSPS) is 14.1. The Balaban J connectivity index is 3.67. The van der Waals surface area contributed by atoms with Crippen molar-refractivity contribution in [2.24, 2.45) is 0 Å². The topological polar surface area (TPSA) is 69.6 Å². The van der Waals surface area contributed by atoms with Crippen molar-refractivity contribution in [3.63, 3.8) is 0 Å². The second-order valence-corrected chi connectivity index (χ2v) is 14.7. The summed E-state index contributed by atoms with van der Waals surface area (Å²) < 4.78 is 0. The zero-order valence-corrected chi connectivity index (χ0v) is 36.1. The van der Waals surface area contributed by atoms with E-state index in [4.69, 9.17) is 0 Å². The number of carbonyl (C=O) groups excluding carboxylic acids is 1. The summed E-state index contributed by atoms with van der Waals surface area (Å²) in [5, 5.41) is 22.9. The highest BCUT2D eigenvalue weighted by Crippen LogP contribution is 2.12. The van der Waals surface area contributed by atoms with Crippen molar-refractivity contribution in [3.05, 3.63) is 122 Å². The Morgan fingerprint density at radius 3 is 1.25 bits per heavy atom. The third-order valence-corrected chi connectivity index (χ3v) is 9.41. The van der Waals surface area contributed by atoms with Gasteiger partial charge in [0.2, 0.25) is 5.91 Å². The Morgan fingerprint density at radius 2 is 0.804 bits per heavy atom. The van der Waals surface area contributed by atoms with Crippen molar-refractivity contribution in [2.75, 3.05) is 6.61 Å². The summed E-state index contributed by atoms with van der Waals surface area (Å²) in [5.41, 5.74) is 0. The number of allylic oxidation sites excluding steroid dienone is 19. The van der Waals surface area contributed by atoms with Gasteiger partial charge in [-0.3, -0.25) is 4.79 Å². The first-order chi connectivity index (χ1) is 27.7. The molecule has 56 heavy (non-hydrogen) atoms. The summed E-state index contributed by atoms with van der Waals surface area (Å²) in [4.78, 5) is 12.4. The summed E-state index contributed by atoms with van der Waals surface area (Å²) in [6.07, 6.45) is 71.6. The van der Waals surface area contributed by atoms with E-state index in [0.717, 1.165) is 89.9 Å². The molecule has 2 unspecified atom stereocenters. The first-order valence-corrected chi connectivity index (χ1v) is 22.7. The Labute approximate surface area is 346 Å². The molecule has 0 saturated heterocycles. The van der Waals surface area contributed by atoms with Gasteiger partial charge in [0.25, 0.3) is 0 Å². The molecule has 2 atom stereocenters. The van der Waals surface area contributed by atoms with E-state index in [-0.39, 0.29) is 12.5 Å². The number of nitrogens with one attached hydrogen (secondary N) is 1. The summed E-state index contributed by atoms with van der Waals surface area (Å²) in [5.74, 6) is -0.0924. The van der Waals surface area contributed by atoms with E-state index in [1.165, 1.54) is 70.6 Å². The molecule has 0 radical (unpaired) electrons. The van der Waals surface area contributed by atoms with Gasteiger partial charge < -0.3 is 15.5 Å². The van der Waals surface area contributed by atoms with Crippen LogP contribution in [0.1, 0.15) is 181 Å². The Kier molecular flexibility index (Phi) is 43.5. The number of amides is 1. The standard InChI is InChI=1S/C52H85NO3/c1-3-5-7-9-11-13-15-17-18-19-20-21-22-23-24-25-26-27-28-29-30-31-32-33-34-36-38-40-42-44-46-48-52(56)53-50(49-54)51(55)47-45-43-41-39-37-35-16-14-12-10-8-6-4-2/h5,7,11-14,17-18,20-21,23-24,26-27,29-30,37,39,45,47,50-51,54-55H,3-4,6,8-10,15-16,19,22,25,28,31-36,38,40-44,46,48-49H2,1-2H3,(H,53,56)/b7-5-,13-11-,14-12+,18-17-,21-20-,24-23-,27-26-,30-29-,39-37+,47-45+. The molecule has 0 aromatic carbocycles. The fraction of sp³-hybridized carbons (Fsp3) is 0.596. The van der Waals surface area contributed by atoms with E-state index in [9.17, 15) is 15.0 Å². The Morgan fingerprint density at radius 1 is 0.446 bits per heavy atom. The van der Waals surface area contributed by atoms with Gasteiger partial charge in [0, 0.05) is 6.42 Å². The smallest absolute Gasteiger partial charge is 0.220 e. The molecule has 1 amide bonds. The predicted octanol–water partition coefficient (Wildman–Crippen LogP) is 14.6. The van der Waals surface area contributed by atoms with E-state index in [0.29, 0.717) is 6.42 Å². The van der Waals surface area contributed by atoms with Gasteiger partial charge in [0.15, 0.2) is 0 Å². The molecule has 0 aromatic heterocycles. The van der Waals surface area contributed by atoms with Crippen LogP contribution in [-0.4, -0.2) is 34.9 Å². The number of aliphatic hydroxyl groups is 2. The van der Waals surface area contributed by atoms with E-state index < -0.39 is 12.1 Å². The SMILES string of the molecule is CC/C=C\C/C=C\C/C=C\C/C=C\C/C=C\C/C=C\C/C=C\CCCCCCCCCCCC(=O)NC(CO)C(O)/C=C/CC/C=C/CC/C=C/CCCCC. The highest BCUT2D eigenvalue weighted by Gasteiger charge is 2.17. The highest BCUT2D eigenvalue weighted by molar-refractivity contribution is 5.76. The fourth-order valence-electron chi connectivity index (χ4n) is 5.95. The average Bonchev–Trinajstić information content (AvgIpc) is 3.20. The molecule has 0 rings (SSSR count). The molecule has 0 aliphatic carbocycles. The molecule has 0 fully saturated rings. The molecule has 0 spiro atoms. The largest absolute Gasteiger partial charge is 0.394 e. The lowest BCUT2D eigenvalue weighted by molar-refractivity contribution is -0.123. The predicted molar refractivity (Wildman–Crippen MR) is 248 cm³/mol. The highest BCUT2D eigenvalue weighted by atomic mass is 16.3. The number of rotatable bonds is 39. The zero-order chi connectivity index (χ0) is 40.7. The summed E-state index contributed by atoms with van der Waals surface area (Å²) >= 11 is 0. The maximum absolute atomic E-state index is 12.4. The fourth-order valence-corrected chi connectivity index (χ4v) is 5.95. The van der Waals surface area contributed by atoms with Gasteiger partial charge in [-0.2, -0.15) is 0 Å². The lowest BCUT2D eigenvalue weighted by atomic mass is 10.1. The van der Waals surface area contributed by atoms with E-state index in [1.54, 1.807) is 6.08 Å². The number of hydrogen-bond donors (Lipinski definition) is 3. The van der Waals surface area contributed by atoms with Crippen molar-refractivity contribution in [3.8, 4) is 0 Å². The van der Waals surface area contributed by atoms with Crippen molar-refractivity contribution in [1.82, 2.24) is 5.32 Å². The van der Waals surface area contributed by atoms with Gasteiger partial charge >= 0.3 is 0 Å². The van der Waals surface area contributed by atoms with Crippen LogP contribution < -0.4 is 5.32 Å². The van der Waals surface area contributed by atoms with Gasteiger partial charge in [-0.05, 0) is 103 Å². The minimum Gasteiger partial charge on any atom is -0.394 e. The van der Waals surface area contributed by atoms with Crippen LogP contribution in [0.15, 0.2) is 122 Å². The average molecular weight is 772 g/mol. The van der Waals surface area contributed by atoms with Gasteiger partial charge in [0.1, 0.15) is 0 Å². The van der Waals surface area contributed by atoms with Gasteiger partial charge in [-0.1, -0.05) is 193 Å². The van der Waals surface area contributed by atoms with Crippen LogP contribution in [0.25, 0.3) is 0 Å². The molecule has 4 nitrogen and oxygen atoms in total. The maximum Gasteiger partial charge on any atom is 0.220 e. The van der Waals surface area contributed by atoms with Crippen molar-refractivity contribution >= 4 is 5.91 Å². The third-order valence-electron chi connectivity index (χ3n) is 9.41. The first-order valence-electron chi connectivity index (χ1n) is 22.7. The van der Waals surface area contributed by atoms with Crippen LogP contribution in [0.2, 0.25) is 0 Å². The number of unbranched alkanes of at least 4 members (excludes halogenated alkanes) is 14. The molecular weight excluding hydrogens is 687 g/mol. The molecule has 0 heterocycles. The number of aliphatic hydroxyl groups excluding tert-OH is 2. The lowest BCUT2D eigenvalue weighted by Crippen LogP contribution is -2.45. The molecule has 316 valence electrons.